The molecule has 4 rings (SSSR count). The molecule has 2 atom stereocenters. The molecule has 0 radical (unpaired) electrons. The molecule has 2 aliphatic heterocycles. The van der Waals surface area contributed by atoms with E-state index < -0.39 is 23.5 Å². The van der Waals surface area contributed by atoms with Crippen LogP contribution in [0.2, 0.25) is 5.02 Å². The predicted octanol–water partition coefficient (Wildman–Crippen LogP) is 4.08. The first-order valence-corrected chi connectivity index (χ1v) is 9.75. The predicted molar refractivity (Wildman–Crippen MR) is 106 cm³/mol. The highest BCUT2D eigenvalue weighted by molar-refractivity contribution is 6.46. The average molecular weight is 416 g/mol. The van der Waals surface area contributed by atoms with Crippen LogP contribution in [0.25, 0.3) is 5.76 Å². The molecule has 2 unspecified atom stereocenters. The van der Waals surface area contributed by atoms with Gasteiger partial charge in [0.25, 0.3) is 11.7 Å². The number of benzene rings is 2. The van der Waals surface area contributed by atoms with Crippen LogP contribution >= 0.6 is 11.6 Å². The van der Waals surface area contributed by atoms with E-state index in [9.17, 15) is 19.1 Å². The molecule has 29 heavy (non-hydrogen) atoms. The van der Waals surface area contributed by atoms with Crippen LogP contribution < -0.4 is 0 Å². The smallest absolute Gasteiger partial charge is 0.295 e. The summed E-state index contributed by atoms with van der Waals surface area (Å²) >= 11 is 5.91. The van der Waals surface area contributed by atoms with Crippen LogP contribution in [0.4, 0.5) is 4.39 Å². The van der Waals surface area contributed by atoms with Crippen LogP contribution in [0.15, 0.2) is 54.1 Å². The van der Waals surface area contributed by atoms with Gasteiger partial charge in [-0.25, -0.2) is 4.39 Å². The SMILES string of the molecule is O=C1C(=O)N(CC2CCCO2)C(c2ccc(F)cc2)C1=C(O)c1ccc(Cl)cc1. The van der Waals surface area contributed by atoms with Gasteiger partial charge in [0.05, 0.1) is 17.7 Å². The zero-order chi connectivity index (χ0) is 20.5. The van der Waals surface area contributed by atoms with E-state index in [1.165, 1.54) is 29.2 Å². The highest BCUT2D eigenvalue weighted by atomic mass is 35.5. The molecule has 150 valence electrons. The van der Waals surface area contributed by atoms with Gasteiger partial charge in [-0.15, -0.1) is 0 Å². The summed E-state index contributed by atoms with van der Waals surface area (Å²) < 4.78 is 19.1. The van der Waals surface area contributed by atoms with Crippen molar-refractivity contribution in [2.24, 2.45) is 0 Å². The first-order valence-electron chi connectivity index (χ1n) is 9.37. The summed E-state index contributed by atoms with van der Waals surface area (Å²) in [5.74, 6) is -2.19. The molecule has 5 nitrogen and oxygen atoms in total. The Morgan fingerprint density at radius 1 is 1.14 bits per heavy atom. The van der Waals surface area contributed by atoms with Crippen molar-refractivity contribution >= 4 is 29.1 Å². The third-order valence-corrected chi connectivity index (χ3v) is 5.52. The number of likely N-dealkylation sites (tertiary alicyclic amines) is 1. The van der Waals surface area contributed by atoms with Crippen molar-refractivity contribution in [1.82, 2.24) is 4.90 Å². The number of carbonyl (C=O) groups excluding carboxylic acids is 2. The highest BCUT2D eigenvalue weighted by Gasteiger charge is 2.47. The summed E-state index contributed by atoms with van der Waals surface area (Å²) in [6, 6.07) is 11.1. The Labute approximate surface area is 172 Å². The number of rotatable bonds is 4. The average Bonchev–Trinajstić information content (AvgIpc) is 3.31. The molecule has 0 aliphatic carbocycles. The number of aliphatic hydroxyl groups is 1. The van der Waals surface area contributed by atoms with E-state index in [1.807, 2.05) is 0 Å². The van der Waals surface area contributed by atoms with Crippen molar-refractivity contribution in [3.05, 3.63) is 76.1 Å². The molecule has 2 fully saturated rings. The number of aliphatic hydroxyl groups excluding tert-OH is 1. The molecule has 7 heteroatoms. The third-order valence-electron chi connectivity index (χ3n) is 5.27. The van der Waals surface area contributed by atoms with Crippen molar-refractivity contribution < 1.29 is 23.8 Å². The quantitative estimate of drug-likeness (QED) is 0.464. The second kappa shape index (κ2) is 7.97. The van der Waals surface area contributed by atoms with Gasteiger partial charge in [-0.2, -0.15) is 0 Å². The van der Waals surface area contributed by atoms with Crippen molar-refractivity contribution in [1.29, 1.82) is 0 Å². The molecule has 2 aliphatic rings. The molecule has 1 amide bonds. The summed E-state index contributed by atoms with van der Waals surface area (Å²) in [5, 5.41) is 11.4. The lowest BCUT2D eigenvalue weighted by Gasteiger charge is -2.27. The number of halogens is 2. The number of hydrogen-bond donors (Lipinski definition) is 1. The van der Waals surface area contributed by atoms with Crippen LogP contribution in [-0.4, -0.2) is 41.0 Å². The topological polar surface area (TPSA) is 66.8 Å². The van der Waals surface area contributed by atoms with E-state index in [2.05, 4.69) is 0 Å². The van der Waals surface area contributed by atoms with Crippen LogP contribution in [0.3, 0.4) is 0 Å². The van der Waals surface area contributed by atoms with E-state index in [1.54, 1.807) is 24.3 Å². The molecular weight excluding hydrogens is 397 g/mol. The Hall–Kier alpha value is -2.70. The maximum Gasteiger partial charge on any atom is 0.295 e. The standard InChI is InChI=1S/C22H19ClFNO4/c23-15-7-3-14(4-8-15)20(26)18-19(13-5-9-16(24)10-6-13)25(22(28)21(18)27)12-17-2-1-11-29-17/h3-10,17,19,26H,1-2,11-12H2. The fourth-order valence-electron chi connectivity index (χ4n) is 3.83. The Balaban J connectivity index is 1.81. The van der Waals surface area contributed by atoms with Crippen molar-refractivity contribution in [2.45, 2.75) is 25.0 Å². The van der Waals surface area contributed by atoms with Crippen LogP contribution in [0.5, 0.6) is 0 Å². The molecule has 2 heterocycles. The van der Waals surface area contributed by atoms with Gasteiger partial charge < -0.3 is 14.7 Å². The van der Waals surface area contributed by atoms with Gasteiger partial charge in [0.15, 0.2) is 0 Å². The second-order valence-electron chi connectivity index (χ2n) is 7.14. The maximum atomic E-state index is 13.5. The minimum atomic E-state index is -0.824. The van der Waals surface area contributed by atoms with Gasteiger partial charge >= 0.3 is 0 Å². The molecule has 2 aromatic rings. The van der Waals surface area contributed by atoms with Gasteiger partial charge in [-0.05, 0) is 54.8 Å². The van der Waals surface area contributed by atoms with Crippen molar-refractivity contribution in [3.63, 3.8) is 0 Å². The highest BCUT2D eigenvalue weighted by Crippen LogP contribution is 2.40. The van der Waals surface area contributed by atoms with Gasteiger partial charge in [-0.1, -0.05) is 23.7 Å². The number of hydrogen-bond acceptors (Lipinski definition) is 4. The molecule has 2 aromatic carbocycles. The van der Waals surface area contributed by atoms with E-state index in [4.69, 9.17) is 16.3 Å². The zero-order valence-electron chi connectivity index (χ0n) is 15.5. The fraction of sp³-hybridized carbons (Fsp3) is 0.273. The fourth-order valence-corrected chi connectivity index (χ4v) is 3.96. The lowest BCUT2D eigenvalue weighted by molar-refractivity contribution is -0.140. The monoisotopic (exact) mass is 415 g/mol. The zero-order valence-corrected chi connectivity index (χ0v) is 16.2. The maximum absolute atomic E-state index is 13.5. The lowest BCUT2D eigenvalue weighted by atomic mass is 9.95. The van der Waals surface area contributed by atoms with Crippen LogP contribution in [0, 0.1) is 5.82 Å². The molecule has 0 spiro atoms. The van der Waals surface area contributed by atoms with E-state index in [0.29, 0.717) is 22.8 Å². The van der Waals surface area contributed by atoms with E-state index in [-0.39, 0.29) is 24.0 Å². The Morgan fingerprint density at radius 3 is 2.45 bits per heavy atom. The van der Waals surface area contributed by atoms with E-state index >= 15 is 0 Å². The Bertz CT molecular complexity index is 965. The van der Waals surface area contributed by atoms with Crippen LogP contribution in [0.1, 0.15) is 30.0 Å². The lowest BCUT2D eigenvalue weighted by Crippen LogP contribution is -2.36. The summed E-state index contributed by atoms with van der Waals surface area (Å²) in [6.45, 7) is 0.838. The minimum absolute atomic E-state index is 0.0260. The number of amides is 1. The van der Waals surface area contributed by atoms with Gasteiger partial charge in [0.2, 0.25) is 0 Å². The minimum Gasteiger partial charge on any atom is -0.507 e. The summed E-state index contributed by atoms with van der Waals surface area (Å²) in [4.78, 5) is 27.1. The Kier molecular flexibility index (Phi) is 5.39. The third kappa shape index (κ3) is 3.78. The normalized spacial score (nSPS) is 23.7. The summed E-state index contributed by atoms with van der Waals surface area (Å²) in [6.07, 6.45) is 1.50. The molecule has 0 saturated carbocycles. The molecular formula is C22H19ClFNO4. The van der Waals surface area contributed by atoms with Crippen molar-refractivity contribution in [3.8, 4) is 0 Å². The number of Topliss-reactive ketones (excluding diaryl/α,β-unsaturated/α-hetero) is 1. The Morgan fingerprint density at radius 2 is 1.83 bits per heavy atom. The summed E-state index contributed by atoms with van der Waals surface area (Å²) in [7, 11) is 0. The van der Waals surface area contributed by atoms with Gasteiger partial charge in [-0.3, -0.25) is 9.59 Å². The number of nitrogens with zero attached hydrogens (tertiary/aromatic N) is 1. The first-order chi connectivity index (χ1) is 14.0. The number of ether oxygens (including phenoxy) is 1. The van der Waals surface area contributed by atoms with Gasteiger partial charge in [0.1, 0.15) is 11.6 Å². The van der Waals surface area contributed by atoms with E-state index in [0.717, 1.165) is 12.8 Å². The molecule has 0 aromatic heterocycles. The largest absolute Gasteiger partial charge is 0.507 e. The number of ketones is 1. The van der Waals surface area contributed by atoms with Crippen molar-refractivity contribution in [2.75, 3.05) is 13.2 Å². The van der Waals surface area contributed by atoms with Crippen LogP contribution in [-0.2, 0) is 14.3 Å². The van der Waals surface area contributed by atoms with Gasteiger partial charge in [0, 0.05) is 23.7 Å². The molecule has 2 saturated heterocycles. The molecule has 1 N–H and O–H groups in total. The molecule has 0 bridgehead atoms. The first kappa shape index (κ1) is 19.6. The number of carbonyl (C=O) groups is 2. The second-order valence-corrected chi connectivity index (χ2v) is 7.58. The summed E-state index contributed by atoms with van der Waals surface area (Å²) in [5.41, 5.74) is 0.887.